The van der Waals surface area contributed by atoms with Crippen LogP contribution in [0.15, 0.2) is 24.3 Å². The van der Waals surface area contributed by atoms with Gasteiger partial charge in [-0.1, -0.05) is 0 Å². The SMILES string of the molecule is COc1ccc(C(=O)C2C3CC4CC(C3)CC2C4)cc1. The molecule has 4 saturated carbocycles. The Morgan fingerprint density at radius 1 is 0.950 bits per heavy atom. The summed E-state index contributed by atoms with van der Waals surface area (Å²) in [6.07, 6.45) is 6.66. The van der Waals surface area contributed by atoms with Crippen LogP contribution in [0.1, 0.15) is 42.5 Å². The molecule has 0 radical (unpaired) electrons. The number of hydrogen-bond donors (Lipinski definition) is 0. The highest BCUT2D eigenvalue weighted by atomic mass is 16.5. The van der Waals surface area contributed by atoms with E-state index in [1.54, 1.807) is 7.11 Å². The van der Waals surface area contributed by atoms with Gasteiger partial charge in [0.05, 0.1) is 7.11 Å². The topological polar surface area (TPSA) is 26.3 Å². The van der Waals surface area contributed by atoms with E-state index in [2.05, 4.69) is 0 Å². The zero-order valence-electron chi connectivity index (χ0n) is 12.0. The van der Waals surface area contributed by atoms with Gasteiger partial charge in [0.15, 0.2) is 5.78 Å². The Labute approximate surface area is 120 Å². The van der Waals surface area contributed by atoms with Crippen molar-refractivity contribution >= 4 is 5.78 Å². The highest BCUT2D eigenvalue weighted by molar-refractivity contribution is 5.98. The second-order valence-corrected chi connectivity index (χ2v) is 7.05. The molecule has 0 atom stereocenters. The maximum atomic E-state index is 12.9. The van der Waals surface area contributed by atoms with E-state index in [0.717, 1.165) is 23.1 Å². The van der Waals surface area contributed by atoms with Crippen LogP contribution in [0.25, 0.3) is 0 Å². The minimum Gasteiger partial charge on any atom is -0.497 e. The van der Waals surface area contributed by atoms with E-state index in [0.29, 0.717) is 23.5 Å². The van der Waals surface area contributed by atoms with Gasteiger partial charge in [-0.15, -0.1) is 0 Å². The molecule has 0 saturated heterocycles. The number of Topliss-reactive ketones (excluding diaryl/α,β-unsaturated/α-hetero) is 1. The van der Waals surface area contributed by atoms with E-state index in [9.17, 15) is 4.79 Å². The maximum absolute atomic E-state index is 12.9. The van der Waals surface area contributed by atoms with Crippen molar-refractivity contribution in [1.82, 2.24) is 0 Å². The molecule has 0 spiro atoms. The van der Waals surface area contributed by atoms with Crippen LogP contribution in [0.4, 0.5) is 0 Å². The van der Waals surface area contributed by atoms with Gasteiger partial charge in [0, 0.05) is 11.5 Å². The first-order chi connectivity index (χ1) is 9.74. The summed E-state index contributed by atoms with van der Waals surface area (Å²) >= 11 is 0. The predicted molar refractivity (Wildman–Crippen MR) is 77.9 cm³/mol. The summed E-state index contributed by atoms with van der Waals surface area (Å²) < 4.78 is 5.18. The molecule has 2 nitrogen and oxygen atoms in total. The Morgan fingerprint density at radius 2 is 1.50 bits per heavy atom. The molecule has 0 aliphatic heterocycles. The summed E-state index contributed by atoms with van der Waals surface area (Å²) in [5.74, 6) is 4.71. The average molecular weight is 270 g/mol. The van der Waals surface area contributed by atoms with E-state index in [-0.39, 0.29) is 0 Å². The zero-order chi connectivity index (χ0) is 13.7. The molecule has 1 aromatic carbocycles. The van der Waals surface area contributed by atoms with Crippen molar-refractivity contribution in [2.45, 2.75) is 32.1 Å². The highest BCUT2D eigenvalue weighted by Crippen LogP contribution is 2.57. The second-order valence-electron chi connectivity index (χ2n) is 7.05. The molecule has 0 aromatic heterocycles. The van der Waals surface area contributed by atoms with Gasteiger partial charge in [0.1, 0.15) is 5.75 Å². The van der Waals surface area contributed by atoms with Crippen LogP contribution >= 0.6 is 0 Å². The molecule has 4 fully saturated rings. The first-order valence-electron chi connectivity index (χ1n) is 7.93. The number of methoxy groups -OCH3 is 1. The van der Waals surface area contributed by atoms with Crippen molar-refractivity contribution in [2.75, 3.05) is 7.11 Å². The Kier molecular flexibility index (Phi) is 2.87. The Balaban J connectivity index is 1.58. The van der Waals surface area contributed by atoms with Gasteiger partial charge in [0.25, 0.3) is 0 Å². The van der Waals surface area contributed by atoms with Crippen LogP contribution in [-0.2, 0) is 0 Å². The van der Waals surface area contributed by atoms with E-state index in [1.807, 2.05) is 24.3 Å². The highest BCUT2D eigenvalue weighted by Gasteiger charge is 2.50. The van der Waals surface area contributed by atoms with Gasteiger partial charge < -0.3 is 4.74 Å². The number of carbonyl (C=O) groups is 1. The van der Waals surface area contributed by atoms with Crippen molar-refractivity contribution in [1.29, 1.82) is 0 Å². The summed E-state index contributed by atoms with van der Waals surface area (Å²) in [4.78, 5) is 12.9. The molecule has 20 heavy (non-hydrogen) atoms. The molecule has 4 aliphatic carbocycles. The summed E-state index contributed by atoms with van der Waals surface area (Å²) in [5.41, 5.74) is 0.878. The molecule has 5 rings (SSSR count). The molecule has 106 valence electrons. The molecular weight excluding hydrogens is 248 g/mol. The van der Waals surface area contributed by atoms with Crippen LogP contribution in [0, 0.1) is 29.6 Å². The third kappa shape index (κ3) is 1.88. The number of hydrogen-bond acceptors (Lipinski definition) is 2. The number of ether oxygens (including phenoxy) is 1. The Morgan fingerprint density at radius 3 is 2.00 bits per heavy atom. The standard InChI is InChI=1S/C18H22O2/c1-20-16-4-2-13(3-5-16)18(19)17-14-7-11-6-12(9-14)10-15(17)8-11/h2-5,11-12,14-15,17H,6-10H2,1H3. The van der Waals surface area contributed by atoms with E-state index in [4.69, 9.17) is 4.74 Å². The van der Waals surface area contributed by atoms with Gasteiger partial charge in [-0.3, -0.25) is 4.79 Å². The Bertz CT molecular complexity index is 489. The fraction of sp³-hybridized carbons (Fsp3) is 0.611. The minimum atomic E-state index is 0.302. The van der Waals surface area contributed by atoms with Crippen molar-refractivity contribution in [2.24, 2.45) is 29.6 Å². The summed E-state index contributed by atoms with van der Waals surface area (Å²) in [6.45, 7) is 0. The van der Waals surface area contributed by atoms with E-state index < -0.39 is 0 Å². The van der Waals surface area contributed by atoms with Crippen LogP contribution in [0.2, 0.25) is 0 Å². The first kappa shape index (κ1) is 12.4. The van der Waals surface area contributed by atoms with Gasteiger partial charge in [-0.05, 0) is 80.0 Å². The van der Waals surface area contributed by atoms with Gasteiger partial charge in [-0.25, -0.2) is 0 Å². The van der Waals surface area contributed by atoms with Crippen LogP contribution < -0.4 is 4.74 Å². The number of carbonyl (C=O) groups excluding carboxylic acids is 1. The molecule has 0 N–H and O–H groups in total. The molecular formula is C18H22O2. The lowest BCUT2D eigenvalue weighted by Crippen LogP contribution is -2.48. The maximum Gasteiger partial charge on any atom is 0.166 e. The van der Waals surface area contributed by atoms with Crippen LogP contribution in [0.3, 0.4) is 0 Å². The van der Waals surface area contributed by atoms with Crippen molar-refractivity contribution in [3.63, 3.8) is 0 Å². The van der Waals surface area contributed by atoms with Gasteiger partial charge >= 0.3 is 0 Å². The molecule has 1 aromatic rings. The second kappa shape index (κ2) is 4.61. The van der Waals surface area contributed by atoms with E-state index >= 15 is 0 Å². The summed E-state index contributed by atoms with van der Waals surface area (Å²) in [6, 6.07) is 7.69. The third-order valence-electron chi connectivity index (χ3n) is 5.90. The number of rotatable bonds is 3. The lowest BCUT2D eigenvalue weighted by Gasteiger charge is -2.53. The molecule has 4 bridgehead atoms. The fourth-order valence-corrected chi connectivity index (χ4v) is 5.30. The smallest absolute Gasteiger partial charge is 0.166 e. The summed E-state index contributed by atoms with van der Waals surface area (Å²) in [5, 5.41) is 0. The lowest BCUT2D eigenvalue weighted by molar-refractivity contribution is -0.0251. The Hall–Kier alpha value is -1.31. The quantitative estimate of drug-likeness (QED) is 0.777. The monoisotopic (exact) mass is 270 g/mol. The van der Waals surface area contributed by atoms with Gasteiger partial charge in [0.2, 0.25) is 0 Å². The van der Waals surface area contributed by atoms with Crippen LogP contribution in [0.5, 0.6) is 5.75 Å². The minimum absolute atomic E-state index is 0.302. The predicted octanol–water partition coefficient (Wildman–Crippen LogP) is 3.95. The van der Waals surface area contributed by atoms with Crippen molar-refractivity contribution < 1.29 is 9.53 Å². The zero-order valence-corrected chi connectivity index (χ0v) is 12.0. The lowest BCUT2D eigenvalue weighted by atomic mass is 9.51. The first-order valence-corrected chi connectivity index (χ1v) is 7.93. The number of benzene rings is 1. The summed E-state index contributed by atoms with van der Waals surface area (Å²) in [7, 11) is 1.66. The molecule has 0 unspecified atom stereocenters. The third-order valence-corrected chi connectivity index (χ3v) is 5.90. The fourth-order valence-electron chi connectivity index (χ4n) is 5.30. The molecule has 4 aliphatic rings. The molecule has 0 amide bonds. The number of ketones is 1. The van der Waals surface area contributed by atoms with Gasteiger partial charge in [-0.2, -0.15) is 0 Å². The normalized spacial score (nSPS) is 38.0. The average Bonchev–Trinajstić information content (AvgIpc) is 2.46. The largest absolute Gasteiger partial charge is 0.497 e. The van der Waals surface area contributed by atoms with Crippen molar-refractivity contribution in [3.05, 3.63) is 29.8 Å². The van der Waals surface area contributed by atoms with E-state index in [1.165, 1.54) is 32.1 Å². The van der Waals surface area contributed by atoms with Crippen LogP contribution in [-0.4, -0.2) is 12.9 Å². The molecule has 0 heterocycles. The molecule has 2 heteroatoms. The van der Waals surface area contributed by atoms with Crippen molar-refractivity contribution in [3.8, 4) is 5.75 Å².